The lowest BCUT2D eigenvalue weighted by molar-refractivity contribution is -0.128. The van der Waals surface area contributed by atoms with Gasteiger partial charge in [0.15, 0.2) is 5.78 Å². The highest BCUT2D eigenvalue weighted by atomic mass is 16.2. The Labute approximate surface area is 245 Å². The lowest BCUT2D eigenvalue weighted by atomic mass is 10.0. The van der Waals surface area contributed by atoms with Crippen molar-refractivity contribution in [3.05, 3.63) is 96.3 Å². The first-order valence-corrected chi connectivity index (χ1v) is 14.0. The van der Waals surface area contributed by atoms with Crippen LogP contribution in [0.4, 0.5) is 0 Å². The van der Waals surface area contributed by atoms with Crippen molar-refractivity contribution < 1.29 is 19.2 Å². The van der Waals surface area contributed by atoms with Crippen molar-refractivity contribution in [3.63, 3.8) is 0 Å². The van der Waals surface area contributed by atoms with Crippen molar-refractivity contribution in [2.45, 2.75) is 45.7 Å². The highest BCUT2D eigenvalue weighted by Crippen LogP contribution is 2.18. The molecular weight excluding hydrogens is 530 g/mol. The molecule has 216 valence electrons. The number of hydrogen-bond acceptors (Lipinski definition) is 6. The van der Waals surface area contributed by atoms with Gasteiger partial charge in [0.1, 0.15) is 6.04 Å². The molecule has 0 spiro atoms. The molecule has 2 aromatic carbocycles. The van der Waals surface area contributed by atoms with E-state index in [-0.39, 0.29) is 30.6 Å². The van der Waals surface area contributed by atoms with Crippen molar-refractivity contribution in [2.75, 3.05) is 6.54 Å². The molecule has 4 rings (SSSR count). The molecule has 0 saturated heterocycles. The van der Waals surface area contributed by atoms with E-state index in [0.717, 1.165) is 22.2 Å². The number of pyridine rings is 2. The normalized spacial score (nSPS) is 12.4. The molecule has 0 saturated carbocycles. The van der Waals surface area contributed by atoms with Crippen LogP contribution in [0.25, 0.3) is 22.2 Å². The first-order chi connectivity index (χ1) is 20.2. The van der Waals surface area contributed by atoms with Crippen molar-refractivity contribution in [2.24, 2.45) is 5.92 Å². The summed E-state index contributed by atoms with van der Waals surface area (Å²) in [6.07, 6.45) is 3.80. The average Bonchev–Trinajstić information content (AvgIpc) is 2.99. The number of hydrogen-bond donors (Lipinski definition) is 3. The Morgan fingerprint density at radius 2 is 1.57 bits per heavy atom. The maximum Gasteiger partial charge on any atom is 0.254 e. The molecule has 4 aromatic rings. The summed E-state index contributed by atoms with van der Waals surface area (Å²) in [7, 11) is 0. The molecule has 9 nitrogen and oxygen atoms in total. The highest BCUT2D eigenvalue weighted by molar-refractivity contribution is 6.07. The number of Topliss-reactive ketones (excluding diaryl/α,β-unsaturated/α-hetero) is 1. The standard InChI is InChI=1S/C33H35N5O4/c1-21(2)17-28(38-32(41)26-13-7-10-24-12-8-16-35-31(24)26)33(42)36-20-29(39)22(3)37-30(40)19-23-9-6-11-25(18-23)27-14-4-5-15-34-27/h4-16,18,21-22,28H,17,19-20H2,1-3H3,(H,36,42)(H,37,40)(H,38,41)/t22?,28-/m0/s1. The Hall–Kier alpha value is -4.92. The number of carbonyl (C=O) groups is 4. The number of ketones is 1. The topological polar surface area (TPSA) is 130 Å². The number of amides is 3. The van der Waals surface area contributed by atoms with Crippen LogP contribution in [0.3, 0.4) is 0 Å². The number of nitrogens with zero attached hydrogens (tertiary/aromatic N) is 2. The molecule has 0 radical (unpaired) electrons. The molecule has 1 unspecified atom stereocenters. The van der Waals surface area contributed by atoms with Gasteiger partial charge in [-0.25, -0.2) is 0 Å². The summed E-state index contributed by atoms with van der Waals surface area (Å²) in [4.78, 5) is 60.3. The minimum Gasteiger partial charge on any atom is -0.347 e. The predicted octanol–water partition coefficient (Wildman–Crippen LogP) is 3.87. The van der Waals surface area contributed by atoms with E-state index in [9.17, 15) is 19.2 Å². The van der Waals surface area contributed by atoms with Gasteiger partial charge >= 0.3 is 0 Å². The van der Waals surface area contributed by atoms with Gasteiger partial charge in [-0.2, -0.15) is 0 Å². The molecular formula is C33H35N5O4. The third kappa shape index (κ3) is 8.06. The Morgan fingerprint density at radius 1 is 0.810 bits per heavy atom. The Bertz CT molecular complexity index is 1570. The summed E-state index contributed by atoms with van der Waals surface area (Å²) in [5, 5.41) is 8.97. The predicted molar refractivity (Wildman–Crippen MR) is 161 cm³/mol. The zero-order valence-electron chi connectivity index (χ0n) is 24.0. The number of rotatable bonds is 12. The van der Waals surface area contributed by atoms with E-state index < -0.39 is 23.9 Å². The quantitative estimate of drug-likeness (QED) is 0.239. The van der Waals surface area contributed by atoms with Gasteiger partial charge in [-0.15, -0.1) is 0 Å². The van der Waals surface area contributed by atoms with Gasteiger partial charge in [0.2, 0.25) is 11.8 Å². The van der Waals surface area contributed by atoms with E-state index in [1.807, 2.05) is 68.4 Å². The molecule has 0 fully saturated rings. The second-order valence-corrected chi connectivity index (χ2v) is 10.6. The maximum absolute atomic E-state index is 13.1. The molecule has 0 aliphatic rings. The number of para-hydroxylation sites is 1. The van der Waals surface area contributed by atoms with Crippen LogP contribution >= 0.6 is 0 Å². The molecule has 3 N–H and O–H groups in total. The van der Waals surface area contributed by atoms with Crippen molar-refractivity contribution >= 4 is 34.4 Å². The molecule has 2 heterocycles. The number of fused-ring (bicyclic) bond motifs is 1. The molecule has 2 aromatic heterocycles. The molecule has 0 aliphatic carbocycles. The van der Waals surface area contributed by atoms with E-state index >= 15 is 0 Å². The van der Waals surface area contributed by atoms with Crippen LogP contribution < -0.4 is 16.0 Å². The Kier molecular flexibility index (Phi) is 10.1. The van der Waals surface area contributed by atoms with Crippen LogP contribution in [0.15, 0.2) is 85.2 Å². The number of aromatic nitrogens is 2. The minimum atomic E-state index is -0.847. The minimum absolute atomic E-state index is 0.0934. The third-order valence-electron chi connectivity index (χ3n) is 6.76. The lowest BCUT2D eigenvalue weighted by Gasteiger charge is -2.21. The molecule has 2 atom stereocenters. The second kappa shape index (κ2) is 14.1. The van der Waals surface area contributed by atoms with Gasteiger partial charge in [-0.05, 0) is 55.2 Å². The summed E-state index contributed by atoms with van der Waals surface area (Å²) >= 11 is 0. The zero-order valence-corrected chi connectivity index (χ0v) is 24.0. The maximum atomic E-state index is 13.1. The van der Waals surface area contributed by atoms with E-state index in [1.54, 1.807) is 37.5 Å². The van der Waals surface area contributed by atoms with Crippen LogP contribution in [0.5, 0.6) is 0 Å². The fourth-order valence-corrected chi connectivity index (χ4v) is 4.61. The van der Waals surface area contributed by atoms with Gasteiger partial charge < -0.3 is 16.0 Å². The van der Waals surface area contributed by atoms with E-state index in [2.05, 4.69) is 25.9 Å². The summed E-state index contributed by atoms with van der Waals surface area (Å²) in [5.74, 6) is -1.44. The van der Waals surface area contributed by atoms with Gasteiger partial charge in [0.25, 0.3) is 5.91 Å². The summed E-state index contributed by atoms with van der Waals surface area (Å²) in [5.41, 5.74) is 3.40. The first-order valence-electron chi connectivity index (χ1n) is 14.0. The highest BCUT2D eigenvalue weighted by Gasteiger charge is 2.25. The molecule has 3 amide bonds. The SMILES string of the molecule is CC(C)C[C@H](NC(=O)c1cccc2cccnc12)C(=O)NCC(=O)C(C)NC(=O)Cc1cccc(-c2ccccn2)c1. The smallest absolute Gasteiger partial charge is 0.254 e. The van der Waals surface area contributed by atoms with Crippen molar-refractivity contribution in [1.29, 1.82) is 0 Å². The fraction of sp³-hybridized carbons (Fsp3) is 0.273. The Balaban J connectivity index is 1.31. The van der Waals surface area contributed by atoms with Gasteiger partial charge in [0.05, 0.1) is 35.8 Å². The first kappa shape index (κ1) is 30.0. The molecule has 0 bridgehead atoms. The van der Waals surface area contributed by atoms with Crippen molar-refractivity contribution in [3.8, 4) is 11.3 Å². The second-order valence-electron chi connectivity index (χ2n) is 10.6. The molecule has 9 heteroatoms. The van der Waals surface area contributed by atoms with Crippen LogP contribution in [-0.4, -0.2) is 52.1 Å². The van der Waals surface area contributed by atoms with Gasteiger partial charge in [-0.3, -0.25) is 29.1 Å². The van der Waals surface area contributed by atoms with Crippen LogP contribution in [-0.2, 0) is 20.8 Å². The van der Waals surface area contributed by atoms with Gasteiger partial charge in [-0.1, -0.05) is 56.3 Å². The van der Waals surface area contributed by atoms with Crippen molar-refractivity contribution in [1.82, 2.24) is 25.9 Å². The molecule has 0 aliphatic heterocycles. The summed E-state index contributed by atoms with van der Waals surface area (Å²) in [6.45, 7) is 5.19. The molecule has 42 heavy (non-hydrogen) atoms. The lowest BCUT2D eigenvalue weighted by Crippen LogP contribution is -2.50. The van der Waals surface area contributed by atoms with E-state index in [1.165, 1.54) is 0 Å². The fourth-order valence-electron chi connectivity index (χ4n) is 4.61. The largest absolute Gasteiger partial charge is 0.347 e. The number of carbonyl (C=O) groups excluding carboxylic acids is 4. The summed E-state index contributed by atoms with van der Waals surface area (Å²) in [6, 6.07) is 20.4. The van der Waals surface area contributed by atoms with Crippen LogP contribution in [0, 0.1) is 5.92 Å². The van der Waals surface area contributed by atoms with Gasteiger partial charge in [0, 0.05) is 23.3 Å². The number of benzene rings is 2. The third-order valence-corrected chi connectivity index (χ3v) is 6.76. The summed E-state index contributed by atoms with van der Waals surface area (Å²) < 4.78 is 0. The zero-order chi connectivity index (χ0) is 30.1. The average molecular weight is 566 g/mol. The Morgan fingerprint density at radius 3 is 2.33 bits per heavy atom. The van der Waals surface area contributed by atoms with E-state index in [0.29, 0.717) is 17.5 Å². The van der Waals surface area contributed by atoms with Crippen LogP contribution in [0.1, 0.15) is 43.1 Å². The van der Waals surface area contributed by atoms with Crippen LogP contribution in [0.2, 0.25) is 0 Å². The van der Waals surface area contributed by atoms with E-state index in [4.69, 9.17) is 0 Å². The monoisotopic (exact) mass is 565 g/mol. The number of nitrogens with one attached hydrogen (secondary N) is 3.